The maximum Gasteiger partial charge on any atom is 0.0450 e. The zero-order valence-corrected chi connectivity index (χ0v) is 8.71. The van der Waals surface area contributed by atoms with Crippen LogP contribution in [0.5, 0.6) is 0 Å². The monoisotopic (exact) mass is 192 g/mol. The van der Waals surface area contributed by atoms with E-state index in [1.54, 1.807) is 0 Å². The van der Waals surface area contributed by atoms with E-state index in [-0.39, 0.29) is 6.04 Å². The number of nitrogens with one attached hydrogen (secondary N) is 1. The number of rotatable bonds is 3. The SMILES string of the molecule is NC(CC1CCCCC1)c1ccc[nH]1. The van der Waals surface area contributed by atoms with Crippen molar-refractivity contribution in [1.82, 2.24) is 4.98 Å². The molecule has 1 aromatic rings. The molecule has 1 atom stereocenters. The maximum atomic E-state index is 6.14. The minimum absolute atomic E-state index is 0.216. The molecular formula is C12H20N2. The molecule has 1 unspecified atom stereocenters. The van der Waals surface area contributed by atoms with E-state index >= 15 is 0 Å². The van der Waals surface area contributed by atoms with Crippen LogP contribution in [0.2, 0.25) is 0 Å². The molecule has 2 heteroatoms. The third-order valence-corrected chi connectivity index (χ3v) is 3.33. The predicted molar refractivity (Wildman–Crippen MR) is 58.9 cm³/mol. The van der Waals surface area contributed by atoms with E-state index in [0.29, 0.717) is 0 Å². The number of hydrogen-bond donors (Lipinski definition) is 2. The first-order valence-corrected chi connectivity index (χ1v) is 5.75. The largest absolute Gasteiger partial charge is 0.364 e. The smallest absolute Gasteiger partial charge is 0.0450 e. The van der Waals surface area contributed by atoms with E-state index in [9.17, 15) is 0 Å². The van der Waals surface area contributed by atoms with Gasteiger partial charge in [-0.3, -0.25) is 0 Å². The van der Waals surface area contributed by atoms with Crippen molar-refractivity contribution in [2.45, 2.75) is 44.6 Å². The fourth-order valence-corrected chi connectivity index (χ4v) is 2.48. The van der Waals surface area contributed by atoms with Crippen LogP contribution in [0.25, 0.3) is 0 Å². The standard InChI is InChI=1S/C12H20N2/c13-11(12-7-4-8-14-12)9-10-5-2-1-3-6-10/h4,7-8,10-11,14H,1-3,5-6,9,13H2. The lowest BCUT2D eigenvalue weighted by molar-refractivity contribution is 0.318. The van der Waals surface area contributed by atoms with Gasteiger partial charge >= 0.3 is 0 Å². The Labute approximate surface area is 85.9 Å². The van der Waals surface area contributed by atoms with E-state index in [0.717, 1.165) is 12.3 Å². The molecule has 0 radical (unpaired) electrons. The van der Waals surface area contributed by atoms with Gasteiger partial charge in [-0.1, -0.05) is 32.1 Å². The fourth-order valence-electron chi connectivity index (χ4n) is 2.48. The van der Waals surface area contributed by atoms with E-state index in [1.165, 1.54) is 37.8 Å². The topological polar surface area (TPSA) is 41.8 Å². The number of H-pyrrole nitrogens is 1. The van der Waals surface area contributed by atoms with Crippen LogP contribution >= 0.6 is 0 Å². The molecule has 1 aliphatic carbocycles. The van der Waals surface area contributed by atoms with Crippen molar-refractivity contribution in [3.63, 3.8) is 0 Å². The molecule has 0 bridgehead atoms. The summed E-state index contributed by atoms with van der Waals surface area (Å²) in [5, 5.41) is 0. The van der Waals surface area contributed by atoms with Crippen molar-refractivity contribution in [1.29, 1.82) is 0 Å². The van der Waals surface area contributed by atoms with E-state index in [2.05, 4.69) is 11.1 Å². The first kappa shape index (κ1) is 9.78. The Kier molecular flexibility index (Phi) is 3.25. The average molecular weight is 192 g/mol. The predicted octanol–water partition coefficient (Wildman–Crippen LogP) is 2.98. The molecule has 0 aliphatic heterocycles. The second-order valence-electron chi connectivity index (χ2n) is 4.47. The van der Waals surface area contributed by atoms with Gasteiger partial charge in [-0.05, 0) is 24.5 Å². The molecule has 0 saturated heterocycles. The second-order valence-corrected chi connectivity index (χ2v) is 4.47. The minimum atomic E-state index is 0.216. The van der Waals surface area contributed by atoms with Crippen molar-refractivity contribution in [2.75, 3.05) is 0 Å². The van der Waals surface area contributed by atoms with Gasteiger partial charge in [0.05, 0.1) is 0 Å². The van der Waals surface area contributed by atoms with Crippen LogP contribution in [-0.2, 0) is 0 Å². The van der Waals surface area contributed by atoms with Gasteiger partial charge < -0.3 is 10.7 Å². The molecule has 1 heterocycles. The summed E-state index contributed by atoms with van der Waals surface area (Å²) < 4.78 is 0. The Bertz CT molecular complexity index is 247. The molecule has 0 aromatic carbocycles. The zero-order chi connectivity index (χ0) is 9.80. The average Bonchev–Trinajstić information content (AvgIpc) is 2.72. The summed E-state index contributed by atoms with van der Waals surface area (Å²) in [5.74, 6) is 0.863. The first-order chi connectivity index (χ1) is 6.86. The van der Waals surface area contributed by atoms with Gasteiger partial charge in [0, 0.05) is 17.9 Å². The highest BCUT2D eigenvalue weighted by molar-refractivity contribution is 5.08. The van der Waals surface area contributed by atoms with Crippen LogP contribution in [-0.4, -0.2) is 4.98 Å². The van der Waals surface area contributed by atoms with Gasteiger partial charge in [0.2, 0.25) is 0 Å². The maximum absolute atomic E-state index is 6.14. The van der Waals surface area contributed by atoms with Crippen LogP contribution in [0.3, 0.4) is 0 Å². The van der Waals surface area contributed by atoms with Gasteiger partial charge in [0.25, 0.3) is 0 Å². The van der Waals surface area contributed by atoms with Crippen molar-refractivity contribution in [2.24, 2.45) is 11.7 Å². The number of aromatic nitrogens is 1. The first-order valence-electron chi connectivity index (χ1n) is 5.75. The lowest BCUT2D eigenvalue weighted by atomic mass is 9.84. The molecule has 1 saturated carbocycles. The molecule has 0 spiro atoms. The van der Waals surface area contributed by atoms with Gasteiger partial charge in [-0.2, -0.15) is 0 Å². The summed E-state index contributed by atoms with van der Waals surface area (Å²) in [4.78, 5) is 3.20. The Morgan fingerprint density at radius 3 is 2.79 bits per heavy atom. The van der Waals surface area contributed by atoms with Crippen LogP contribution in [0, 0.1) is 5.92 Å². The summed E-state index contributed by atoms with van der Waals surface area (Å²) in [6.07, 6.45) is 10.1. The summed E-state index contributed by atoms with van der Waals surface area (Å²) in [5.41, 5.74) is 7.33. The molecule has 2 nitrogen and oxygen atoms in total. The Balaban J connectivity index is 1.84. The second kappa shape index (κ2) is 4.65. The lowest BCUT2D eigenvalue weighted by Gasteiger charge is -2.24. The lowest BCUT2D eigenvalue weighted by Crippen LogP contribution is -2.17. The molecule has 3 N–H and O–H groups in total. The normalized spacial score (nSPS) is 20.9. The fraction of sp³-hybridized carbons (Fsp3) is 0.667. The highest BCUT2D eigenvalue weighted by atomic mass is 14.8. The number of hydrogen-bond acceptors (Lipinski definition) is 1. The van der Waals surface area contributed by atoms with Gasteiger partial charge in [0.1, 0.15) is 0 Å². The number of aromatic amines is 1. The van der Waals surface area contributed by atoms with E-state index in [4.69, 9.17) is 5.73 Å². The molecule has 1 aliphatic rings. The van der Waals surface area contributed by atoms with Crippen molar-refractivity contribution < 1.29 is 0 Å². The molecule has 0 amide bonds. The number of nitrogens with two attached hydrogens (primary N) is 1. The van der Waals surface area contributed by atoms with Crippen molar-refractivity contribution in [3.05, 3.63) is 24.0 Å². The molecule has 1 aromatic heterocycles. The summed E-state index contributed by atoms with van der Waals surface area (Å²) >= 11 is 0. The van der Waals surface area contributed by atoms with Crippen molar-refractivity contribution >= 4 is 0 Å². The Morgan fingerprint density at radius 1 is 1.36 bits per heavy atom. The Hall–Kier alpha value is -0.760. The van der Waals surface area contributed by atoms with Gasteiger partial charge in [-0.15, -0.1) is 0 Å². The Morgan fingerprint density at radius 2 is 2.14 bits per heavy atom. The highest BCUT2D eigenvalue weighted by Gasteiger charge is 2.17. The van der Waals surface area contributed by atoms with Crippen LogP contribution in [0.15, 0.2) is 18.3 Å². The highest BCUT2D eigenvalue weighted by Crippen LogP contribution is 2.30. The quantitative estimate of drug-likeness (QED) is 0.759. The minimum Gasteiger partial charge on any atom is -0.364 e. The summed E-state index contributed by atoms with van der Waals surface area (Å²) in [6.45, 7) is 0. The van der Waals surface area contributed by atoms with E-state index in [1.807, 2.05) is 12.3 Å². The molecular weight excluding hydrogens is 172 g/mol. The zero-order valence-electron chi connectivity index (χ0n) is 8.71. The molecule has 2 rings (SSSR count). The molecule has 1 fully saturated rings. The summed E-state index contributed by atoms with van der Waals surface area (Å²) in [6, 6.07) is 4.33. The third kappa shape index (κ3) is 2.38. The van der Waals surface area contributed by atoms with E-state index < -0.39 is 0 Å². The van der Waals surface area contributed by atoms with Crippen LogP contribution < -0.4 is 5.73 Å². The summed E-state index contributed by atoms with van der Waals surface area (Å²) in [7, 11) is 0. The third-order valence-electron chi connectivity index (χ3n) is 3.33. The van der Waals surface area contributed by atoms with Crippen LogP contribution in [0.4, 0.5) is 0 Å². The molecule has 14 heavy (non-hydrogen) atoms. The van der Waals surface area contributed by atoms with Gasteiger partial charge in [0.15, 0.2) is 0 Å². The van der Waals surface area contributed by atoms with Gasteiger partial charge in [-0.25, -0.2) is 0 Å². The van der Waals surface area contributed by atoms with Crippen molar-refractivity contribution in [3.8, 4) is 0 Å². The van der Waals surface area contributed by atoms with Crippen LogP contribution in [0.1, 0.15) is 50.3 Å². The molecule has 78 valence electrons.